The van der Waals surface area contributed by atoms with Crippen LogP contribution in [0, 0.1) is 5.92 Å². The van der Waals surface area contributed by atoms with E-state index >= 15 is 0 Å². The van der Waals surface area contributed by atoms with Crippen LogP contribution in [0.25, 0.3) is 0 Å². The van der Waals surface area contributed by atoms with Gasteiger partial charge in [0, 0.05) is 18.1 Å². The van der Waals surface area contributed by atoms with E-state index in [0.717, 1.165) is 25.1 Å². The van der Waals surface area contributed by atoms with Crippen LogP contribution in [0.4, 0.5) is 13.2 Å². The molecule has 0 N–H and O–H groups in total. The highest BCUT2D eigenvalue weighted by atomic mass is 19.4. The van der Waals surface area contributed by atoms with Crippen molar-refractivity contribution in [2.75, 3.05) is 6.61 Å². The molecule has 2 atom stereocenters. The number of hydrogen-bond acceptors (Lipinski definition) is 4. The minimum absolute atomic E-state index is 0.0162. The Kier molecular flexibility index (Phi) is 4.40. The van der Waals surface area contributed by atoms with E-state index < -0.39 is 11.7 Å². The summed E-state index contributed by atoms with van der Waals surface area (Å²) in [5.74, 6) is 1.16. The number of allylic oxidation sites excluding steroid dienone is 3. The molecule has 0 radical (unpaired) electrons. The van der Waals surface area contributed by atoms with Gasteiger partial charge in [0.25, 0.3) is 5.88 Å². The Balaban J connectivity index is 1.61. The predicted molar refractivity (Wildman–Crippen MR) is 93.9 cm³/mol. The van der Waals surface area contributed by atoms with Crippen LogP contribution >= 0.6 is 0 Å². The van der Waals surface area contributed by atoms with Gasteiger partial charge in [-0.15, -0.1) is 0 Å². The molecule has 2 aliphatic heterocycles. The summed E-state index contributed by atoms with van der Waals surface area (Å²) in [6.07, 6.45) is 5.65. The van der Waals surface area contributed by atoms with Crippen molar-refractivity contribution < 1.29 is 22.6 Å². The molecule has 4 nitrogen and oxygen atoms in total. The normalized spacial score (nSPS) is 24.0. The Hall–Kier alpha value is -2.44. The van der Waals surface area contributed by atoms with Gasteiger partial charge in [-0.25, -0.2) is 4.98 Å². The molecule has 4 rings (SSSR count). The summed E-state index contributed by atoms with van der Waals surface area (Å²) in [5, 5.41) is 0. The van der Waals surface area contributed by atoms with E-state index in [1.165, 1.54) is 17.7 Å². The zero-order valence-corrected chi connectivity index (χ0v) is 15.2. The van der Waals surface area contributed by atoms with E-state index in [2.05, 4.69) is 22.9 Å². The van der Waals surface area contributed by atoms with Crippen molar-refractivity contribution in [2.45, 2.75) is 45.3 Å². The molecule has 0 saturated heterocycles. The first kappa shape index (κ1) is 17.9. The average molecular weight is 378 g/mol. The molecule has 1 saturated carbocycles. The minimum atomic E-state index is -4.48. The molecule has 1 aliphatic carbocycles. The third-order valence-electron chi connectivity index (χ3n) is 5.41. The molecule has 2 bridgehead atoms. The number of aromatic nitrogens is 1. The second-order valence-corrected chi connectivity index (χ2v) is 7.04. The van der Waals surface area contributed by atoms with Gasteiger partial charge >= 0.3 is 6.18 Å². The molecule has 1 fully saturated rings. The summed E-state index contributed by atoms with van der Waals surface area (Å²) in [7, 11) is 0. The fraction of sp³-hybridized carbons (Fsp3) is 0.450. The van der Waals surface area contributed by atoms with Gasteiger partial charge < -0.3 is 14.4 Å². The molecule has 2 unspecified atom stereocenters. The van der Waals surface area contributed by atoms with Gasteiger partial charge in [0.2, 0.25) is 0 Å². The molecule has 3 heterocycles. The molecular weight excluding hydrogens is 357 g/mol. The van der Waals surface area contributed by atoms with Crippen LogP contribution in [-0.4, -0.2) is 22.5 Å². The lowest BCUT2D eigenvalue weighted by Crippen LogP contribution is -2.38. The highest BCUT2D eigenvalue weighted by Gasteiger charge is 2.38. The van der Waals surface area contributed by atoms with Crippen molar-refractivity contribution in [3.8, 4) is 11.6 Å². The van der Waals surface area contributed by atoms with Crippen LogP contribution in [0.5, 0.6) is 11.6 Å². The van der Waals surface area contributed by atoms with Crippen molar-refractivity contribution in [3.05, 3.63) is 53.2 Å². The number of pyridine rings is 1. The number of rotatable bonds is 4. The molecule has 3 aliphatic rings. The van der Waals surface area contributed by atoms with Crippen LogP contribution in [-0.2, 0) is 6.18 Å². The zero-order chi connectivity index (χ0) is 19.2. The molecule has 144 valence electrons. The number of halogens is 3. The van der Waals surface area contributed by atoms with Crippen LogP contribution in [0.3, 0.4) is 0 Å². The number of nitrogens with zero attached hydrogens (tertiary/aromatic N) is 2. The summed E-state index contributed by atoms with van der Waals surface area (Å²) < 4.78 is 49.9. The van der Waals surface area contributed by atoms with E-state index in [9.17, 15) is 13.2 Å². The van der Waals surface area contributed by atoms with Gasteiger partial charge in [-0.1, -0.05) is 11.6 Å². The average Bonchev–Trinajstić information content (AvgIpc) is 3.07. The van der Waals surface area contributed by atoms with E-state index in [1.54, 1.807) is 6.92 Å². The van der Waals surface area contributed by atoms with Gasteiger partial charge in [0.1, 0.15) is 5.76 Å². The molecule has 1 aromatic heterocycles. The Labute approximate surface area is 156 Å². The van der Waals surface area contributed by atoms with E-state index in [0.29, 0.717) is 17.7 Å². The van der Waals surface area contributed by atoms with Crippen molar-refractivity contribution in [1.29, 1.82) is 0 Å². The van der Waals surface area contributed by atoms with Crippen molar-refractivity contribution in [3.63, 3.8) is 0 Å². The predicted octanol–water partition coefficient (Wildman–Crippen LogP) is 5.05. The maximum atomic E-state index is 12.9. The first-order chi connectivity index (χ1) is 12.9. The van der Waals surface area contributed by atoms with Gasteiger partial charge in [-0.3, -0.25) is 0 Å². The number of fused-ring (bicyclic) bond motifs is 4. The first-order valence-electron chi connectivity index (χ1n) is 9.11. The smallest absolute Gasteiger partial charge is 0.418 e. The Morgan fingerprint density at radius 1 is 1.33 bits per heavy atom. The van der Waals surface area contributed by atoms with Crippen molar-refractivity contribution >= 4 is 0 Å². The molecule has 1 aromatic rings. The fourth-order valence-corrected chi connectivity index (χ4v) is 4.03. The molecule has 0 amide bonds. The molecule has 0 spiro atoms. The lowest BCUT2D eigenvalue weighted by molar-refractivity contribution is -0.138. The summed E-state index contributed by atoms with van der Waals surface area (Å²) >= 11 is 0. The SMILES string of the molecule is CCOc1cc(C(F)(F)F)cnc1OC1=CN2C(C)=C3CCC(C3)C2C=C1. The summed E-state index contributed by atoms with van der Waals surface area (Å²) in [6, 6.07) is 1.24. The molecule has 7 heteroatoms. The quantitative estimate of drug-likeness (QED) is 0.735. The third kappa shape index (κ3) is 3.31. The maximum absolute atomic E-state index is 12.9. The van der Waals surface area contributed by atoms with Crippen LogP contribution in [0.15, 0.2) is 47.6 Å². The van der Waals surface area contributed by atoms with Gasteiger partial charge in [-0.2, -0.15) is 13.2 Å². The minimum Gasteiger partial charge on any atom is -0.488 e. The molecule has 27 heavy (non-hydrogen) atoms. The van der Waals surface area contributed by atoms with Crippen molar-refractivity contribution in [2.24, 2.45) is 5.92 Å². The first-order valence-corrected chi connectivity index (χ1v) is 9.11. The second kappa shape index (κ2) is 6.62. The topological polar surface area (TPSA) is 34.6 Å². The third-order valence-corrected chi connectivity index (χ3v) is 5.41. The van der Waals surface area contributed by atoms with Gasteiger partial charge in [0.15, 0.2) is 5.75 Å². The van der Waals surface area contributed by atoms with Crippen LogP contribution in [0.2, 0.25) is 0 Å². The Morgan fingerprint density at radius 2 is 2.15 bits per heavy atom. The lowest BCUT2D eigenvalue weighted by atomic mass is 9.91. The number of alkyl halides is 3. The number of hydrogen-bond donors (Lipinski definition) is 0. The molecular formula is C20H21F3N2O2. The summed E-state index contributed by atoms with van der Waals surface area (Å²) in [4.78, 5) is 6.06. The van der Waals surface area contributed by atoms with E-state index in [-0.39, 0.29) is 18.2 Å². The maximum Gasteiger partial charge on any atom is 0.418 e. The highest BCUT2D eigenvalue weighted by molar-refractivity contribution is 5.40. The summed E-state index contributed by atoms with van der Waals surface area (Å²) in [6.45, 7) is 4.03. The second-order valence-electron chi connectivity index (χ2n) is 7.04. The summed E-state index contributed by atoms with van der Waals surface area (Å²) in [5.41, 5.74) is 1.86. The van der Waals surface area contributed by atoms with Gasteiger partial charge in [-0.05, 0) is 51.2 Å². The fourth-order valence-electron chi connectivity index (χ4n) is 4.03. The highest BCUT2D eigenvalue weighted by Crippen LogP contribution is 2.45. The van der Waals surface area contributed by atoms with Gasteiger partial charge in [0.05, 0.1) is 18.2 Å². The standard InChI is InChI=1S/C20H21F3N2O2/c1-3-26-18-9-15(20(21,22)23)10-24-19(18)27-16-6-7-17-14-5-4-13(8-14)12(2)25(17)11-16/h6-7,9-11,14,17H,3-5,8H2,1-2H3. The van der Waals surface area contributed by atoms with E-state index in [1.807, 2.05) is 12.3 Å². The number of ether oxygens (including phenoxy) is 2. The van der Waals surface area contributed by atoms with Crippen LogP contribution in [0.1, 0.15) is 38.7 Å². The van der Waals surface area contributed by atoms with E-state index in [4.69, 9.17) is 9.47 Å². The van der Waals surface area contributed by atoms with Crippen molar-refractivity contribution in [1.82, 2.24) is 9.88 Å². The van der Waals surface area contributed by atoms with Crippen LogP contribution < -0.4 is 9.47 Å². The molecule has 0 aromatic carbocycles. The largest absolute Gasteiger partial charge is 0.488 e. The Bertz CT molecular complexity index is 842. The monoisotopic (exact) mass is 378 g/mol. The zero-order valence-electron chi connectivity index (χ0n) is 15.2. The lowest BCUT2D eigenvalue weighted by Gasteiger charge is -2.39. The Morgan fingerprint density at radius 3 is 2.89 bits per heavy atom.